The summed E-state index contributed by atoms with van der Waals surface area (Å²) in [5, 5.41) is 4.98. The van der Waals surface area contributed by atoms with Crippen LogP contribution >= 0.6 is 11.3 Å². The minimum absolute atomic E-state index is 0.179. The van der Waals surface area contributed by atoms with E-state index in [1.807, 2.05) is 29.6 Å². The van der Waals surface area contributed by atoms with Crippen LogP contribution in [0.15, 0.2) is 65.7 Å². The van der Waals surface area contributed by atoms with E-state index in [2.05, 4.69) is 5.32 Å². The lowest BCUT2D eigenvalue weighted by atomic mass is 10.1. The van der Waals surface area contributed by atoms with E-state index >= 15 is 0 Å². The lowest BCUT2D eigenvalue weighted by Gasteiger charge is -2.17. The smallest absolute Gasteiger partial charge is 0.282 e. The average molecular weight is 436 g/mol. The van der Waals surface area contributed by atoms with E-state index in [0.29, 0.717) is 39.1 Å². The predicted octanol–water partition coefficient (Wildman–Crippen LogP) is 4.17. The highest BCUT2D eigenvalue weighted by Crippen LogP contribution is 2.39. The first-order chi connectivity index (χ1) is 15.1. The van der Waals surface area contributed by atoms with E-state index < -0.39 is 11.8 Å². The van der Waals surface area contributed by atoms with Crippen molar-refractivity contribution in [2.45, 2.75) is 0 Å². The highest BCUT2D eigenvalue weighted by Gasteiger charge is 2.41. The maximum Gasteiger partial charge on any atom is 0.282 e. The van der Waals surface area contributed by atoms with Crippen LogP contribution in [0, 0.1) is 0 Å². The van der Waals surface area contributed by atoms with Gasteiger partial charge in [0.15, 0.2) is 0 Å². The molecule has 0 bridgehead atoms. The molecule has 7 nitrogen and oxygen atoms in total. The molecule has 0 radical (unpaired) electrons. The van der Waals surface area contributed by atoms with Crippen LogP contribution in [0.4, 0.5) is 11.4 Å². The van der Waals surface area contributed by atoms with E-state index in [1.165, 1.54) is 25.6 Å². The Morgan fingerprint density at radius 2 is 1.55 bits per heavy atom. The number of anilines is 2. The number of thiophene rings is 1. The summed E-state index contributed by atoms with van der Waals surface area (Å²) in [6.45, 7) is 0. The number of hydrogen-bond acceptors (Lipinski definition) is 7. The Balaban J connectivity index is 1.82. The first-order valence-electron chi connectivity index (χ1n) is 9.37. The van der Waals surface area contributed by atoms with Gasteiger partial charge in [-0.05, 0) is 23.6 Å². The van der Waals surface area contributed by atoms with Crippen LogP contribution in [0.1, 0.15) is 4.88 Å². The van der Waals surface area contributed by atoms with Crippen LogP contribution in [0.3, 0.4) is 0 Å². The Hall–Kier alpha value is -3.78. The van der Waals surface area contributed by atoms with Crippen LogP contribution in [-0.4, -0.2) is 33.1 Å². The number of amides is 2. The van der Waals surface area contributed by atoms with Crippen molar-refractivity contribution < 1.29 is 23.8 Å². The molecule has 0 fully saturated rings. The lowest BCUT2D eigenvalue weighted by molar-refractivity contribution is -0.120. The molecule has 4 rings (SSSR count). The summed E-state index contributed by atoms with van der Waals surface area (Å²) in [5.74, 6) is 0.592. The van der Waals surface area contributed by atoms with Gasteiger partial charge in [0.05, 0.1) is 38.3 Å². The number of para-hydroxylation sites is 2. The summed E-state index contributed by atoms with van der Waals surface area (Å²) in [6, 6.07) is 15.8. The van der Waals surface area contributed by atoms with Crippen LogP contribution in [0.2, 0.25) is 0 Å². The van der Waals surface area contributed by atoms with E-state index in [-0.39, 0.29) is 5.70 Å². The third kappa shape index (κ3) is 3.73. The molecule has 0 spiro atoms. The molecule has 0 atom stereocenters. The fourth-order valence-corrected chi connectivity index (χ4v) is 4.10. The Morgan fingerprint density at radius 3 is 2.16 bits per heavy atom. The summed E-state index contributed by atoms with van der Waals surface area (Å²) >= 11 is 1.38. The monoisotopic (exact) mass is 436 g/mol. The van der Waals surface area contributed by atoms with Gasteiger partial charge >= 0.3 is 0 Å². The molecule has 1 aliphatic heterocycles. The fraction of sp³-hybridized carbons (Fsp3) is 0.130. The highest BCUT2D eigenvalue weighted by atomic mass is 32.1. The minimum Gasteiger partial charge on any atom is -0.497 e. The van der Waals surface area contributed by atoms with Crippen molar-refractivity contribution in [2.75, 3.05) is 31.5 Å². The van der Waals surface area contributed by atoms with Crippen molar-refractivity contribution in [3.05, 3.63) is 70.6 Å². The molecule has 2 heterocycles. The topological polar surface area (TPSA) is 77.1 Å². The zero-order chi connectivity index (χ0) is 22.0. The summed E-state index contributed by atoms with van der Waals surface area (Å²) in [6.07, 6.45) is 0. The van der Waals surface area contributed by atoms with Crippen molar-refractivity contribution in [1.82, 2.24) is 0 Å². The molecule has 31 heavy (non-hydrogen) atoms. The van der Waals surface area contributed by atoms with Crippen molar-refractivity contribution >= 4 is 40.1 Å². The van der Waals surface area contributed by atoms with Gasteiger partial charge in [-0.15, -0.1) is 11.3 Å². The number of imide groups is 1. The number of nitrogens with one attached hydrogen (secondary N) is 1. The molecule has 8 heteroatoms. The van der Waals surface area contributed by atoms with Crippen molar-refractivity contribution in [3.63, 3.8) is 0 Å². The number of ether oxygens (including phenoxy) is 3. The molecule has 1 aromatic heterocycles. The summed E-state index contributed by atoms with van der Waals surface area (Å²) in [5.41, 5.74) is 1.42. The molecule has 0 unspecified atom stereocenters. The molecule has 0 saturated carbocycles. The Labute approximate surface area is 183 Å². The summed E-state index contributed by atoms with van der Waals surface area (Å²) < 4.78 is 16.0. The summed E-state index contributed by atoms with van der Waals surface area (Å²) in [4.78, 5) is 28.8. The third-order valence-corrected chi connectivity index (χ3v) is 5.70. The first kappa shape index (κ1) is 20.5. The maximum absolute atomic E-state index is 13.5. The number of carbonyl (C=O) groups excluding carboxylic acids is 2. The number of rotatable bonds is 7. The molecule has 2 amide bonds. The van der Waals surface area contributed by atoms with Crippen molar-refractivity contribution in [2.24, 2.45) is 0 Å². The van der Waals surface area contributed by atoms with Gasteiger partial charge in [0.1, 0.15) is 22.9 Å². The lowest BCUT2D eigenvalue weighted by Crippen LogP contribution is -2.32. The van der Waals surface area contributed by atoms with Gasteiger partial charge in [0.2, 0.25) is 0 Å². The standard InChI is InChI=1S/C23H20N2O5S/c1-28-15-11-14(12-16(13-15)29-2)25-22(26)20(19-9-6-10-31-19)21(23(25)27)24-17-7-4-5-8-18(17)30-3/h4-13,24H,1-3H3. The van der Waals surface area contributed by atoms with E-state index in [9.17, 15) is 9.59 Å². The molecule has 0 saturated heterocycles. The Bertz CT molecular complexity index is 1150. The molecule has 2 aromatic carbocycles. The van der Waals surface area contributed by atoms with Gasteiger partial charge in [-0.1, -0.05) is 18.2 Å². The number of carbonyl (C=O) groups is 2. The molecule has 1 aliphatic rings. The normalized spacial score (nSPS) is 13.6. The van der Waals surface area contributed by atoms with Crippen LogP contribution in [-0.2, 0) is 9.59 Å². The van der Waals surface area contributed by atoms with Gasteiger partial charge < -0.3 is 19.5 Å². The van der Waals surface area contributed by atoms with E-state index in [4.69, 9.17) is 14.2 Å². The third-order valence-electron chi connectivity index (χ3n) is 4.81. The average Bonchev–Trinajstić information content (AvgIpc) is 3.40. The maximum atomic E-state index is 13.5. The first-order valence-corrected chi connectivity index (χ1v) is 10.3. The zero-order valence-corrected chi connectivity index (χ0v) is 18.0. The molecule has 1 N–H and O–H groups in total. The Morgan fingerprint density at radius 1 is 0.839 bits per heavy atom. The predicted molar refractivity (Wildman–Crippen MR) is 120 cm³/mol. The van der Waals surface area contributed by atoms with Gasteiger partial charge in [0.25, 0.3) is 11.8 Å². The fourth-order valence-electron chi connectivity index (χ4n) is 3.33. The van der Waals surface area contributed by atoms with Crippen molar-refractivity contribution in [3.8, 4) is 17.2 Å². The zero-order valence-electron chi connectivity index (χ0n) is 17.2. The van der Waals surface area contributed by atoms with Gasteiger partial charge in [-0.2, -0.15) is 0 Å². The molecule has 0 aliphatic carbocycles. The number of benzene rings is 2. The van der Waals surface area contributed by atoms with Crippen molar-refractivity contribution in [1.29, 1.82) is 0 Å². The molecular formula is C23H20N2O5S. The molecule has 3 aromatic rings. The SMILES string of the molecule is COc1cc(OC)cc(N2C(=O)C(Nc3ccccc3OC)=C(c3cccs3)C2=O)c1. The second kappa shape index (κ2) is 8.53. The van der Waals surface area contributed by atoms with Gasteiger partial charge in [0, 0.05) is 23.1 Å². The van der Waals surface area contributed by atoms with Crippen LogP contribution < -0.4 is 24.4 Å². The van der Waals surface area contributed by atoms with Gasteiger partial charge in [-0.3, -0.25) is 9.59 Å². The Kier molecular flexibility index (Phi) is 5.64. The number of nitrogens with zero attached hydrogens (tertiary/aromatic N) is 1. The molecular weight excluding hydrogens is 416 g/mol. The van der Waals surface area contributed by atoms with Crippen LogP contribution in [0.25, 0.3) is 5.57 Å². The van der Waals surface area contributed by atoms with E-state index in [0.717, 1.165) is 4.90 Å². The molecule has 158 valence electrons. The highest BCUT2D eigenvalue weighted by molar-refractivity contribution is 7.11. The van der Waals surface area contributed by atoms with Crippen LogP contribution in [0.5, 0.6) is 17.2 Å². The number of hydrogen-bond donors (Lipinski definition) is 1. The minimum atomic E-state index is -0.477. The summed E-state index contributed by atoms with van der Waals surface area (Å²) in [7, 11) is 4.57. The van der Waals surface area contributed by atoms with E-state index in [1.54, 1.807) is 37.4 Å². The largest absolute Gasteiger partial charge is 0.497 e. The van der Waals surface area contributed by atoms with Gasteiger partial charge in [-0.25, -0.2) is 4.90 Å². The second-order valence-electron chi connectivity index (χ2n) is 6.57. The quantitative estimate of drug-likeness (QED) is 0.560. The number of methoxy groups -OCH3 is 3. The second-order valence-corrected chi connectivity index (χ2v) is 7.52.